The first-order valence-corrected chi connectivity index (χ1v) is 8.70. The summed E-state index contributed by atoms with van der Waals surface area (Å²) in [5, 5.41) is 14.9. The van der Waals surface area contributed by atoms with E-state index >= 15 is 0 Å². The monoisotopic (exact) mass is 384 g/mol. The molecule has 0 atom stereocenters. The molecule has 0 N–H and O–H groups in total. The number of tetrazole rings is 1. The molecule has 2 aromatic heterocycles. The molecule has 3 heterocycles. The lowest BCUT2D eigenvalue weighted by Crippen LogP contribution is -2.51. The fraction of sp³-hybridized carbons (Fsp3) is 0.294. The Kier molecular flexibility index (Phi) is 4.79. The molecule has 0 unspecified atom stereocenters. The van der Waals surface area contributed by atoms with Crippen LogP contribution in [0.3, 0.4) is 0 Å². The minimum absolute atomic E-state index is 0.0635. The van der Waals surface area contributed by atoms with Gasteiger partial charge in [0.15, 0.2) is 5.69 Å². The van der Waals surface area contributed by atoms with Crippen LogP contribution in [0.2, 0.25) is 0 Å². The molecule has 1 saturated heterocycles. The lowest BCUT2D eigenvalue weighted by Gasteiger charge is -2.34. The first kappa shape index (κ1) is 17.8. The molecule has 1 fully saturated rings. The van der Waals surface area contributed by atoms with Crippen molar-refractivity contribution in [3.63, 3.8) is 0 Å². The number of aromatic nitrogens is 6. The number of hydrogen-bond acceptors (Lipinski definition) is 6. The van der Waals surface area contributed by atoms with Gasteiger partial charge in [-0.15, -0.1) is 5.10 Å². The second kappa shape index (κ2) is 7.55. The third-order valence-corrected chi connectivity index (χ3v) is 4.52. The molecule has 28 heavy (non-hydrogen) atoms. The molecular formula is C17H17FN8O2. The van der Waals surface area contributed by atoms with Gasteiger partial charge in [-0.25, -0.2) is 13.8 Å². The van der Waals surface area contributed by atoms with Crippen molar-refractivity contribution in [3.8, 4) is 5.69 Å². The number of amides is 2. The van der Waals surface area contributed by atoms with Gasteiger partial charge in [0, 0.05) is 32.4 Å². The molecular weight excluding hydrogens is 367 g/mol. The fourth-order valence-electron chi connectivity index (χ4n) is 3.02. The largest absolute Gasteiger partial charge is 0.338 e. The summed E-state index contributed by atoms with van der Waals surface area (Å²) in [5.41, 5.74) is 0.510. The van der Waals surface area contributed by atoms with Gasteiger partial charge >= 0.3 is 0 Å². The van der Waals surface area contributed by atoms with Crippen LogP contribution in [0.25, 0.3) is 5.69 Å². The number of piperazine rings is 1. The quantitative estimate of drug-likeness (QED) is 0.627. The summed E-state index contributed by atoms with van der Waals surface area (Å²) in [5.74, 6) is -0.773. The van der Waals surface area contributed by atoms with Crippen molar-refractivity contribution in [2.75, 3.05) is 26.2 Å². The normalized spacial score (nSPS) is 14.3. The summed E-state index contributed by atoms with van der Waals surface area (Å²) in [6, 6.07) is 7.78. The Labute approximate surface area is 159 Å². The number of benzene rings is 1. The number of carbonyl (C=O) groups excluding carboxylic acids is 2. The topological polar surface area (TPSA) is 102 Å². The van der Waals surface area contributed by atoms with Gasteiger partial charge in [0.25, 0.3) is 5.91 Å². The Morgan fingerprint density at radius 2 is 1.79 bits per heavy atom. The third kappa shape index (κ3) is 3.59. The number of rotatable bonds is 4. The summed E-state index contributed by atoms with van der Waals surface area (Å²) in [4.78, 5) is 28.2. The summed E-state index contributed by atoms with van der Waals surface area (Å²) < 4.78 is 16.6. The Bertz CT molecular complexity index is 979. The van der Waals surface area contributed by atoms with Crippen molar-refractivity contribution in [2.24, 2.45) is 0 Å². The predicted molar refractivity (Wildman–Crippen MR) is 93.8 cm³/mol. The molecule has 0 aliphatic carbocycles. The maximum absolute atomic E-state index is 13.9. The van der Waals surface area contributed by atoms with Crippen LogP contribution in [0, 0.1) is 5.82 Å². The predicted octanol–water partition coefficient (Wildman–Crippen LogP) is -0.0175. The van der Waals surface area contributed by atoms with Crippen LogP contribution in [0.5, 0.6) is 0 Å². The summed E-state index contributed by atoms with van der Waals surface area (Å²) >= 11 is 0. The molecule has 0 saturated carbocycles. The molecule has 0 bridgehead atoms. The van der Waals surface area contributed by atoms with Gasteiger partial charge in [-0.05, 0) is 28.6 Å². The zero-order chi connectivity index (χ0) is 19.5. The smallest absolute Gasteiger partial charge is 0.274 e. The van der Waals surface area contributed by atoms with Crippen LogP contribution in [0.4, 0.5) is 4.39 Å². The molecule has 1 aliphatic heterocycles. The first-order chi connectivity index (χ1) is 13.6. The van der Waals surface area contributed by atoms with Gasteiger partial charge in [-0.1, -0.05) is 12.1 Å². The molecule has 11 heteroatoms. The van der Waals surface area contributed by atoms with Gasteiger partial charge in [-0.2, -0.15) is 5.10 Å². The first-order valence-electron chi connectivity index (χ1n) is 8.70. The van der Waals surface area contributed by atoms with E-state index in [1.54, 1.807) is 40.3 Å². The highest BCUT2D eigenvalue weighted by Gasteiger charge is 2.26. The molecule has 4 rings (SSSR count). The van der Waals surface area contributed by atoms with E-state index in [-0.39, 0.29) is 29.7 Å². The highest BCUT2D eigenvalue weighted by Crippen LogP contribution is 2.14. The second-order valence-electron chi connectivity index (χ2n) is 6.28. The summed E-state index contributed by atoms with van der Waals surface area (Å²) in [6.07, 6.45) is 2.93. The van der Waals surface area contributed by atoms with Crippen molar-refractivity contribution in [1.82, 2.24) is 39.8 Å². The minimum Gasteiger partial charge on any atom is -0.338 e. The molecule has 1 aromatic carbocycles. The van der Waals surface area contributed by atoms with E-state index in [0.29, 0.717) is 26.2 Å². The SMILES string of the molecule is O=C(Cn1cnnn1)N1CCN(C(=O)c2ccn(-c3ccccc3F)n2)CC1. The molecule has 0 radical (unpaired) electrons. The van der Waals surface area contributed by atoms with Gasteiger partial charge in [-0.3, -0.25) is 9.59 Å². The van der Waals surface area contributed by atoms with Crippen molar-refractivity contribution >= 4 is 11.8 Å². The van der Waals surface area contributed by atoms with E-state index in [1.807, 2.05) is 0 Å². The number of nitrogens with zero attached hydrogens (tertiary/aromatic N) is 8. The number of halogens is 1. The highest BCUT2D eigenvalue weighted by atomic mass is 19.1. The Balaban J connectivity index is 1.37. The maximum atomic E-state index is 13.9. The van der Waals surface area contributed by atoms with Crippen LogP contribution in [-0.2, 0) is 11.3 Å². The number of carbonyl (C=O) groups is 2. The van der Waals surface area contributed by atoms with Gasteiger partial charge < -0.3 is 9.80 Å². The zero-order valence-electron chi connectivity index (χ0n) is 14.8. The van der Waals surface area contributed by atoms with E-state index in [4.69, 9.17) is 0 Å². The third-order valence-electron chi connectivity index (χ3n) is 4.52. The lowest BCUT2D eigenvalue weighted by molar-refractivity contribution is -0.133. The fourth-order valence-corrected chi connectivity index (χ4v) is 3.02. The van der Waals surface area contributed by atoms with Crippen molar-refractivity contribution in [2.45, 2.75) is 6.54 Å². The van der Waals surface area contributed by atoms with E-state index in [1.165, 1.54) is 21.8 Å². The average molecular weight is 384 g/mol. The van der Waals surface area contributed by atoms with Gasteiger partial charge in [0.1, 0.15) is 24.4 Å². The van der Waals surface area contributed by atoms with Crippen molar-refractivity contribution in [3.05, 3.63) is 54.4 Å². The van der Waals surface area contributed by atoms with Crippen LogP contribution >= 0.6 is 0 Å². The molecule has 144 valence electrons. The lowest BCUT2D eigenvalue weighted by atomic mass is 10.2. The summed E-state index contributed by atoms with van der Waals surface area (Å²) in [7, 11) is 0. The molecule has 3 aromatic rings. The van der Waals surface area contributed by atoms with Crippen molar-refractivity contribution < 1.29 is 14.0 Å². The van der Waals surface area contributed by atoms with E-state index in [9.17, 15) is 14.0 Å². The molecule has 2 amide bonds. The molecule has 0 spiro atoms. The van der Waals surface area contributed by atoms with E-state index < -0.39 is 5.82 Å². The average Bonchev–Trinajstić information content (AvgIpc) is 3.40. The molecule has 10 nitrogen and oxygen atoms in total. The Morgan fingerprint density at radius 3 is 2.50 bits per heavy atom. The minimum atomic E-state index is -0.417. The zero-order valence-corrected chi connectivity index (χ0v) is 14.8. The van der Waals surface area contributed by atoms with Gasteiger partial charge in [0.2, 0.25) is 5.91 Å². The van der Waals surface area contributed by atoms with Crippen molar-refractivity contribution in [1.29, 1.82) is 0 Å². The second-order valence-corrected chi connectivity index (χ2v) is 6.28. The maximum Gasteiger partial charge on any atom is 0.274 e. The van der Waals surface area contributed by atoms with Crippen LogP contribution in [-0.4, -0.2) is 77.8 Å². The van der Waals surface area contributed by atoms with Crippen LogP contribution in [0.15, 0.2) is 42.9 Å². The van der Waals surface area contributed by atoms with Crippen LogP contribution < -0.4 is 0 Å². The Hall–Kier alpha value is -3.63. The highest BCUT2D eigenvalue weighted by molar-refractivity contribution is 5.92. The summed E-state index contributed by atoms with van der Waals surface area (Å²) in [6.45, 7) is 1.69. The van der Waals surface area contributed by atoms with Crippen LogP contribution in [0.1, 0.15) is 10.5 Å². The van der Waals surface area contributed by atoms with E-state index in [0.717, 1.165) is 0 Å². The number of para-hydroxylation sites is 1. The standard InChI is InChI=1S/C17H17FN8O2/c18-13-3-1-2-4-15(13)26-6-5-14(20-26)17(28)24-9-7-23(8-10-24)16(27)11-25-12-19-21-22-25/h1-6,12H,7-11H2. The number of hydrogen-bond donors (Lipinski definition) is 0. The Morgan fingerprint density at radius 1 is 1.04 bits per heavy atom. The van der Waals surface area contributed by atoms with E-state index in [2.05, 4.69) is 20.6 Å². The molecule has 1 aliphatic rings. The van der Waals surface area contributed by atoms with Gasteiger partial charge in [0.05, 0.1) is 0 Å².